The second-order valence-electron chi connectivity index (χ2n) is 4.40. The largest absolute Gasteiger partial charge is 0.451 e. The molecule has 2 rings (SSSR count). The minimum atomic E-state index is -0.880. The zero-order chi connectivity index (χ0) is 15.4. The molecule has 108 valence electrons. The third kappa shape index (κ3) is 3.93. The van der Waals surface area contributed by atoms with Crippen LogP contribution in [0.2, 0.25) is 5.02 Å². The molecule has 0 amide bonds. The lowest BCUT2D eigenvalue weighted by atomic mass is 10.1. The Labute approximate surface area is 136 Å². The second kappa shape index (κ2) is 6.87. The van der Waals surface area contributed by atoms with Gasteiger partial charge in [-0.25, -0.2) is 4.79 Å². The molecule has 2 aromatic rings. The summed E-state index contributed by atoms with van der Waals surface area (Å²) in [6.45, 7) is 1.54. The Morgan fingerprint density at radius 3 is 2.33 bits per heavy atom. The Hall–Kier alpha value is -1.65. The molecule has 0 radical (unpaired) electrons. The summed E-state index contributed by atoms with van der Waals surface area (Å²) in [6.07, 6.45) is -0.880. The molecule has 0 aliphatic carbocycles. The van der Waals surface area contributed by atoms with Crippen LogP contribution in [0.1, 0.15) is 27.6 Å². The minimum Gasteiger partial charge on any atom is -0.451 e. The van der Waals surface area contributed by atoms with Gasteiger partial charge in [0.25, 0.3) is 0 Å². The first kappa shape index (κ1) is 15.7. The van der Waals surface area contributed by atoms with Crippen LogP contribution in [0.5, 0.6) is 0 Å². The van der Waals surface area contributed by atoms with Gasteiger partial charge in [0.15, 0.2) is 6.10 Å². The average Bonchev–Trinajstić information content (AvgIpc) is 2.47. The Balaban J connectivity index is 2.09. The third-order valence-corrected chi connectivity index (χ3v) is 3.73. The molecule has 5 heteroatoms. The molecule has 0 aliphatic rings. The standard InChI is InChI=1S/C16H12BrClO3/c1-10(15(19)11-6-8-12(17)9-7-11)21-16(20)13-4-2-3-5-14(13)18/h2-10H,1H3/t10-/m0/s1. The summed E-state index contributed by atoms with van der Waals surface area (Å²) < 4.78 is 6.05. The molecule has 2 aromatic carbocycles. The highest BCUT2D eigenvalue weighted by Gasteiger charge is 2.21. The van der Waals surface area contributed by atoms with Gasteiger partial charge in [0.2, 0.25) is 5.78 Å². The van der Waals surface area contributed by atoms with Crippen molar-refractivity contribution in [2.75, 3.05) is 0 Å². The van der Waals surface area contributed by atoms with E-state index in [4.69, 9.17) is 16.3 Å². The summed E-state index contributed by atoms with van der Waals surface area (Å²) in [5.41, 5.74) is 0.729. The van der Waals surface area contributed by atoms with Crippen molar-refractivity contribution in [3.63, 3.8) is 0 Å². The van der Waals surface area contributed by atoms with E-state index < -0.39 is 12.1 Å². The molecule has 0 heterocycles. The maximum Gasteiger partial charge on any atom is 0.340 e. The van der Waals surface area contributed by atoms with Crippen LogP contribution >= 0.6 is 27.5 Å². The molecule has 0 N–H and O–H groups in total. The van der Waals surface area contributed by atoms with Crippen LogP contribution in [0, 0.1) is 0 Å². The van der Waals surface area contributed by atoms with Crippen molar-refractivity contribution in [2.45, 2.75) is 13.0 Å². The van der Waals surface area contributed by atoms with E-state index in [9.17, 15) is 9.59 Å². The molecule has 0 aliphatic heterocycles. The van der Waals surface area contributed by atoms with Gasteiger partial charge >= 0.3 is 5.97 Å². The van der Waals surface area contributed by atoms with Gasteiger partial charge in [-0.1, -0.05) is 51.8 Å². The van der Waals surface area contributed by atoms with Crippen LogP contribution in [-0.4, -0.2) is 17.9 Å². The lowest BCUT2D eigenvalue weighted by Crippen LogP contribution is -2.24. The Morgan fingerprint density at radius 2 is 1.71 bits per heavy atom. The average molecular weight is 368 g/mol. The number of carbonyl (C=O) groups is 2. The van der Waals surface area contributed by atoms with Gasteiger partial charge in [0, 0.05) is 10.0 Å². The quantitative estimate of drug-likeness (QED) is 0.589. The minimum absolute atomic E-state index is 0.245. The third-order valence-electron chi connectivity index (χ3n) is 2.88. The number of hydrogen-bond acceptors (Lipinski definition) is 3. The number of esters is 1. The van der Waals surface area contributed by atoms with Crippen LogP contribution in [0.15, 0.2) is 53.0 Å². The number of ether oxygens (including phenoxy) is 1. The van der Waals surface area contributed by atoms with Crippen LogP contribution in [0.3, 0.4) is 0 Å². The predicted molar refractivity (Wildman–Crippen MR) is 84.8 cm³/mol. The fraction of sp³-hybridized carbons (Fsp3) is 0.125. The normalized spacial score (nSPS) is 11.8. The van der Waals surface area contributed by atoms with Crippen LogP contribution in [0.25, 0.3) is 0 Å². The van der Waals surface area contributed by atoms with Crippen molar-refractivity contribution in [2.24, 2.45) is 0 Å². The highest BCUT2D eigenvalue weighted by Crippen LogP contribution is 2.18. The lowest BCUT2D eigenvalue weighted by molar-refractivity contribution is 0.0319. The number of benzene rings is 2. The number of halogens is 2. The zero-order valence-corrected chi connectivity index (χ0v) is 13.5. The summed E-state index contributed by atoms with van der Waals surface area (Å²) in [5.74, 6) is -0.874. The molecule has 1 atom stereocenters. The predicted octanol–water partition coefficient (Wildman–Crippen LogP) is 4.53. The van der Waals surface area contributed by atoms with Crippen molar-refractivity contribution in [1.82, 2.24) is 0 Å². The Morgan fingerprint density at radius 1 is 1.10 bits per heavy atom. The second-order valence-corrected chi connectivity index (χ2v) is 5.72. The van der Waals surface area contributed by atoms with Crippen LogP contribution in [0.4, 0.5) is 0 Å². The van der Waals surface area contributed by atoms with E-state index >= 15 is 0 Å². The smallest absolute Gasteiger partial charge is 0.340 e. The highest BCUT2D eigenvalue weighted by molar-refractivity contribution is 9.10. The van der Waals surface area contributed by atoms with E-state index in [0.29, 0.717) is 10.6 Å². The Bertz CT molecular complexity index is 667. The first-order chi connectivity index (χ1) is 9.99. The van der Waals surface area contributed by atoms with E-state index in [1.54, 1.807) is 55.5 Å². The van der Waals surface area contributed by atoms with E-state index in [1.165, 1.54) is 0 Å². The topological polar surface area (TPSA) is 43.4 Å². The summed E-state index contributed by atoms with van der Waals surface area (Å²) in [4.78, 5) is 24.2. The van der Waals surface area contributed by atoms with Crippen molar-refractivity contribution in [3.8, 4) is 0 Å². The Kier molecular flexibility index (Phi) is 5.15. The number of rotatable bonds is 4. The summed E-state index contributed by atoms with van der Waals surface area (Å²) in [6, 6.07) is 13.4. The molecule has 0 bridgehead atoms. The van der Waals surface area contributed by atoms with Crippen LogP contribution < -0.4 is 0 Å². The maximum absolute atomic E-state index is 12.2. The molecular weight excluding hydrogens is 356 g/mol. The summed E-state index contributed by atoms with van der Waals surface area (Å²) in [7, 11) is 0. The number of ketones is 1. The molecule has 0 unspecified atom stereocenters. The molecule has 0 aromatic heterocycles. The van der Waals surface area contributed by atoms with Gasteiger partial charge in [-0.3, -0.25) is 4.79 Å². The van der Waals surface area contributed by atoms with Crippen molar-refractivity contribution >= 4 is 39.3 Å². The van der Waals surface area contributed by atoms with Gasteiger partial charge in [-0.2, -0.15) is 0 Å². The number of Topliss-reactive ketones (excluding diaryl/α,β-unsaturated/α-hetero) is 1. The number of hydrogen-bond donors (Lipinski definition) is 0. The van der Waals surface area contributed by atoms with Crippen molar-refractivity contribution in [1.29, 1.82) is 0 Å². The van der Waals surface area contributed by atoms with Gasteiger partial charge in [-0.15, -0.1) is 0 Å². The fourth-order valence-corrected chi connectivity index (χ4v) is 2.23. The molecule has 21 heavy (non-hydrogen) atoms. The first-order valence-corrected chi connectivity index (χ1v) is 7.41. The highest BCUT2D eigenvalue weighted by atomic mass is 79.9. The van der Waals surface area contributed by atoms with E-state index in [2.05, 4.69) is 15.9 Å². The van der Waals surface area contributed by atoms with Gasteiger partial charge in [-0.05, 0) is 31.2 Å². The first-order valence-electron chi connectivity index (χ1n) is 6.24. The molecule has 3 nitrogen and oxygen atoms in total. The molecule has 0 spiro atoms. The van der Waals surface area contributed by atoms with E-state index in [-0.39, 0.29) is 11.3 Å². The van der Waals surface area contributed by atoms with E-state index in [0.717, 1.165) is 4.47 Å². The summed E-state index contributed by atoms with van der Waals surface area (Å²) in [5, 5.41) is 0.297. The fourth-order valence-electron chi connectivity index (χ4n) is 1.75. The van der Waals surface area contributed by atoms with Gasteiger partial charge < -0.3 is 4.74 Å². The molecule has 0 fully saturated rings. The van der Waals surface area contributed by atoms with Gasteiger partial charge in [0.05, 0.1) is 10.6 Å². The van der Waals surface area contributed by atoms with Crippen molar-refractivity contribution < 1.29 is 14.3 Å². The lowest BCUT2D eigenvalue weighted by Gasteiger charge is -2.13. The van der Waals surface area contributed by atoms with Crippen LogP contribution in [-0.2, 0) is 4.74 Å². The zero-order valence-electron chi connectivity index (χ0n) is 11.2. The summed E-state index contributed by atoms with van der Waals surface area (Å²) >= 11 is 9.22. The molecular formula is C16H12BrClO3. The SMILES string of the molecule is C[C@H](OC(=O)c1ccccc1Cl)C(=O)c1ccc(Br)cc1. The monoisotopic (exact) mass is 366 g/mol. The van der Waals surface area contributed by atoms with E-state index in [1.807, 2.05) is 0 Å². The molecule has 0 saturated heterocycles. The molecule has 0 saturated carbocycles. The van der Waals surface area contributed by atoms with Gasteiger partial charge in [0.1, 0.15) is 0 Å². The maximum atomic E-state index is 12.2. The number of carbonyl (C=O) groups excluding carboxylic acids is 2. The van der Waals surface area contributed by atoms with Crippen molar-refractivity contribution in [3.05, 3.63) is 69.2 Å².